The maximum atomic E-state index is 13.9. The highest BCUT2D eigenvalue weighted by molar-refractivity contribution is 6.02. The Bertz CT molecular complexity index is 1260. The number of aliphatic hydroxyl groups excluding tert-OH is 3. The molecule has 3 aliphatic heterocycles. The van der Waals surface area contributed by atoms with Gasteiger partial charge in [0.15, 0.2) is 12.0 Å². The second-order valence-electron chi connectivity index (χ2n) is 12.7. The minimum Gasteiger partial charge on any atom is -0.394 e. The summed E-state index contributed by atoms with van der Waals surface area (Å²) in [6.45, 7) is 4.14. The van der Waals surface area contributed by atoms with Gasteiger partial charge >= 0.3 is 0 Å². The van der Waals surface area contributed by atoms with Crippen molar-refractivity contribution < 1.29 is 53.7 Å². The van der Waals surface area contributed by atoms with Crippen LogP contribution in [-0.4, -0.2) is 141 Å². The van der Waals surface area contributed by atoms with E-state index in [4.69, 9.17) is 0 Å². The Balaban J connectivity index is 2.11. The van der Waals surface area contributed by atoms with E-state index in [2.05, 4.69) is 26.6 Å². The first-order chi connectivity index (χ1) is 22.1. The lowest BCUT2D eigenvalue weighted by molar-refractivity contribution is -0.163. The number of Topliss-reactive ketones (excluding diaryl/α,β-unsaturated/α-hetero) is 1. The molecule has 3 saturated heterocycles. The zero-order valence-electron chi connectivity index (χ0n) is 26.9. The average Bonchev–Trinajstić information content (AvgIpc) is 3.51. The smallest absolute Gasteiger partial charge is 0.248 e. The third kappa shape index (κ3) is 8.81. The predicted molar refractivity (Wildman–Crippen MR) is 160 cm³/mol. The number of carbonyl (C=O) groups excluding carboxylic acids is 8. The third-order valence-electron chi connectivity index (χ3n) is 8.26. The molecule has 3 fully saturated rings. The maximum absolute atomic E-state index is 13.9. The fourth-order valence-corrected chi connectivity index (χ4v) is 5.92. The van der Waals surface area contributed by atoms with Crippen LogP contribution in [0.15, 0.2) is 0 Å². The lowest BCUT2D eigenvalue weighted by atomic mass is 9.97. The molecule has 0 spiro atoms. The molecule has 0 radical (unpaired) electrons. The molecule has 0 aromatic rings. The quantitative estimate of drug-likeness (QED) is 0.138. The molecule has 262 valence electrons. The molecular formula is C29H45N7O11. The molecule has 18 heteroatoms. The van der Waals surface area contributed by atoms with Crippen LogP contribution < -0.4 is 26.6 Å². The molecule has 0 aromatic heterocycles. The average molecular weight is 668 g/mol. The Morgan fingerprint density at radius 3 is 2.00 bits per heavy atom. The van der Waals surface area contributed by atoms with Gasteiger partial charge in [-0.05, 0) is 31.1 Å². The van der Waals surface area contributed by atoms with E-state index in [1.54, 1.807) is 13.8 Å². The van der Waals surface area contributed by atoms with E-state index in [-0.39, 0.29) is 25.3 Å². The molecule has 8 N–H and O–H groups in total. The van der Waals surface area contributed by atoms with Crippen LogP contribution in [0.4, 0.5) is 0 Å². The van der Waals surface area contributed by atoms with Gasteiger partial charge in [-0.3, -0.25) is 43.3 Å². The van der Waals surface area contributed by atoms with Gasteiger partial charge in [-0.1, -0.05) is 27.7 Å². The van der Waals surface area contributed by atoms with Gasteiger partial charge < -0.3 is 46.8 Å². The van der Waals surface area contributed by atoms with Gasteiger partial charge in [0, 0.05) is 13.0 Å². The van der Waals surface area contributed by atoms with Gasteiger partial charge in [0.05, 0.1) is 19.8 Å². The topological polar surface area (TPSA) is 264 Å². The standard InChI is InChI=1S/C29H45N7O11/c1-13(2)8-16-28(46)36-22(14(3)4)26(44)30-10-21(40)31-18(12-38)27(45)35-7-5-6-19(35)25(43)34-17(11-37)24(42)32-15(23(41)33-16)9-20(39)29(36)47/h13-19,22,29,37-38,47H,5-12H2,1-4H3,(H,30,44)(H,31,40)(H,32,42)(H,33,41)(H,34,43)/t15-,16-,17-,18-,19-,22-,29+/m0/s1. The molecule has 7 atom stereocenters. The molecule has 2 bridgehead atoms. The molecule has 0 aromatic carbocycles. The van der Waals surface area contributed by atoms with Crippen molar-refractivity contribution in [1.29, 1.82) is 0 Å². The fourth-order valence-electron chi connectivity index (χ4n) is 5.92. The van der Waals surface area contributed by atoms with Crippen LogP contribution in [0.3, 0.4) is 0 Å². The van der Waals surface area contributed by atoms with Crippen molar-refractivity contribution in [2.45, 2.75) is 95.9 Å². The summed E-state index contributed by atoms with van der Waals surface area (Å²) >= 11 is 0. The van der Waals surface area contributed by atoms with Gasteiger partial charge in [0.25, 0.3) is 0 Å². The summed E-state index contributed by atoms with van der Waals surface area (Å²) < 4.78 is 0. The van der Waals surface area contributed by atoms with Gasteiger partial charge in [0.2, 0.25) is 41.4 Å². The molecule has 0 saturated carbocycles. The normalized spacial score (nSPS) is 30.7. The molecule has 47 heavy (non-hydrogen) atoms. The molecule has 3 rings (SSSR count). The third-order valence-corrected chi connectivity index (χ3v) is 8.26. The second-order valence-corrected chi connectivity index (χ2v) is 12.7. The fraction of sp³-hybridized carbons (Fsp3) is 0.724. The van der Waals surface area contributed by atoms with Gasteiger partial charge in [-0.2, -0.15) is 0 Å². The number of amides is 7. The molecule has 18 nitrogen and oxygen atoms in total. The lowest BCUT2D eigenvalue weighted by Gasteiger charge is -2.38. The summed E-state index contributed by atoms with van der Waals surface area (Å²) in [6, 6.07) is -8.81. The minimum absolute atomic E-state index is 0.0152. The highest BCUT2D eigenvalue weighted by Crippen LogP contribution is 2.22. The van der Waals surface area contributed by atoms with Crippen molar-refractivity contribution in [3.8, 4) is 0 Å². The number of ketones is 1. The number of nitrogens with one attached hydrogen (secondary N) is 5. The monoisotopic (exact) mass is 667 g/mol. The summed E-state index contributed by atoms with van der Waals surface area (Å²) in [5.74, 6) is -8.50. The Kier molecular flexibility index (Phi) is 12.8. The highest BCUT2D eigenvalue weighted by Gasteiger charge is 2.46. The van der Waals surface area contributed by atoms with Crippen LogP contribution in [0.5, 0.6) is 0 Å². The molecule has 0 aliphatic carbocycles. The van der Waals surface area contributed by atoms with Crippen LogP contribution in [0.25, 0.3) is 0 Å². The number of fused-ring (bicyclic) bond motifs is 5. The molecule has 3 heterocycles. The minimum atomic E-state index is -2.25. The number of hydrogen-bond acceptors (Lipinski definition) is 11. The van der Waals surface area contributed by atoms with Crippen molar-refractivity contribution >= 4 is 47.1 Å². The zero-order chi connectivity index (χ0) is 35.2. The molecule has 0 unspecified atom stereocenters. The lowest BCUT2D eigenvalue weighted by Crippen LogP contribution is -2.62. The van der Waals surface area contributed by atoms with E-state index < -0.39 is 122 Å². The molecule has 3 aliphatic rings. The first-order valence-corrected chi connectivity index (χ1v) is 15.6. The first kappa shape index (κ1) is 37.3. The maximum Gasteiger partial charge on any atom is 0.248 e. The number of aliphatic hydroxyl groups is 3. The number of hydrogen-bond donors (Lipinski definition) is 8. The van der Waals surface area contributed by atoms with E-state index >= 15 is 0 Å². The van der Waals surface area contributed by atoms with Gasteiger partial charge in [-0.15, -0.1) is 0 Å². The van der Waals surface area contributed by atoms with E-state index in [0.29, 0.717) is 11.3 Å². The summed E-state index contributed by atoms with van der Waals surface area (Å²) in [7, 11) is 0. The number of nitrogens with zero attached hydrogens (tertiary/aromatic N) is 2. The van der Waals surface area contributed by atoms with E-state index in [1.165, 1.54) is 13.8 Å². The van der Waals surface area contributed by atoms with Crippen molar-refractivity contribution in [1.82, 2.24) is 36.4 Å². The zero-order valence-corrected chi connectivity index (χ0v) is 26.9. The SMILES string of the molecule is CC(C)C[C@@H]1NC(=O)[C@@H]2CC(=O)[C@@H](O)N(C1=O)[C@@H](C(C)C)C(=O)NCC(=O)N[C@@H](CO)C(=O)N1CCC[C@H]1C(=O)N[C@@H](CO)C(=O)N2. The largest absolute Gasteiger partial charge is 0.394 e. The van der Waals surface area contributed by atoms with Crippen LogP contribution in [0, 0.1) is 11.8 Å². The summed E-state index contributed by atoms with van der Waals surface area (Å²) in [6.07, 6.45) is -2.53. The van der Waals surface area contributed by atoms with Gasteiger partial charge in [0.1, 0.15) is 36.3 Å². The van der Waals surface area contributed by atoms with Crippen molar-refractivity contribution in [3.63, 3.8) is 0 Å². The summed E-state index contributed by atoms with van der Waals surface area (Å²) in [4.78, 5) is 109. The Morgan fingerprint density at radius 1 is 0.766 bits per heavy atom. The van der Waals surface area contributed by atoms with E-state index in [1.807, 2.05) is 0 Å². The van der Waals surface area contributed by atoms with E-state index in [9.17, 15) is 53.7 Å². The van der Waals surface area contributed by atoms with Crippen LogP contribution >= 0.6 is 0 Å². The van der Waals surface area contributed by atoms with Crippen molar-refractivity contribution in [2.24, 2.45) is 11.8 Å². The van der Waals surface area contributed by atoms with Crippen molar-refractivity contribution in [2.75, 3.05) is 26.3 Å². The Labute approximate surface area is 271 Å². The van der Waals surface area contributed by atoms with Crippen LogP contribution in [0.2, 0.25) is 0 Å². The Morgan fingerprint density at radius 2 is 1.40 bits per heavy atom. The number of rotatable bonds is 5. The first-order valence-electron chi connectivity index (χ1n) is 15.6. The summed E-state index contributed by atoms with van der Waals surface area (Å²) in [5.41, 5.74) is 0. The van der Waals surface area contributed by atoms with E-state index in [0.717, 1.165) is 4.90 Å². The van der Waals surface area contributed by atoms with Gasteiger partial charge in [-0.25, -0.2) is 0 Å². The highest BCUT2D eigenvalue weighted by atomic mass is 16.3. The summed E-state index contributed by atoms with van der Waals surface area (Å²) in [5, 5.41) is 42.9. The van der Waals surface area contributed by atoms with Crippen LogP contribution in [0.1, 0.15) is 53.4 Å². The van der Waals surface area contributed by atoms with Crippen molar-refractivity contribution in [3.05, 3.63) is 0 Å². The molecule has 7 amide bonds. The number of carbonyl (C=O) groups is 8. The Hall–Kier alpha value is -4.16. The predicted octanol–water partition coefficient (Wildman–Crippen LogP) is -4.78. The molecular weight excluding hydrogens is 622 g/mol. The van der Waals surface area contributed by atoms with Crippen LogP contribution in [-0.2, 0) is 38.4 Å². The second kappa shape index (κ2) is 16.1.